The molecule has 100 valence electrons. The van der Waals surface area contributed by atoms with Gasteiger partial charge in [0.25, 0.3) is 0 Å². The number of hydroxylamine groups is 2. The molecule has 1 N–H and O–H groups in total. The number of aliphatic hydroxyl groups is 1. The molecule has 1 unspecified atom stereocenters. The lowest BCUT2D eigenvalue weighted by Crippen LogP contribution is -2.37. The smallest absolute Gasteiger partial charge is 0.234 e. The molecule has 0 aliphatic carbocycles. The van der Waals surface area contributed by atoms with Crippen LogP contribution in [0, 0.1) is 0 Å². The maximum absolute atomic E-state index is 11.1. The molecule has 0 fully saturated rings. The summed E-state index contributed by atoms with van der Waals surface area (Å²) in [6, 6.07) is 6.38. The van der Waals surface area contributed by atoms with Crippen molar-refractivity contribution in [2.24, 2.45) is 0 Å². The highest BCUT2D eigenvalue weighted by atomic mass is 35.5. The van der Waals surface area contributed by atoms with Crippen molar-refractivity contribution in [3.05, 3.63) is 34.9 Å². The van der Waals surface area contributed by atoms with E-state index in [-0.39, 0.29) is 6.61 Å². The van der Waals surface area contributed by atoms with Crippen LogP contribution >= 0.6 is 11.6 Å². The molecule has 4 nitrogen and oxygen atoms in total. The van der Waals surface area contributed by atoms with Crippen molar-refractivity contribution < 1.29 is 14.7 Å². The minimum Gasteiger partial charge on any atom is -0.394 e. The first-order valence-corrected chi connectivity index (χ1v) is 6.04. The van der Waals surface area contributed by atoms with Crippen LogP contribution in [0.25, 0.3) is 0 Å². The van der Waals surface area contributed by atoms with Gasteiger partial charge in [0.15, 0.2) is 0 Å². The van der Waals surface area contributed by atoms with Crippen molar-refractivity contribution in [3.63, 3.8) is 0 Å². The summed E-state index contributed by atoms with van der Waals surface area (Å²) in [6.07, 6.45) is 0.570. The second-order valence-electron chi connectivity index (χ2n) is 4.92. The van der Waals surface area contributed by atoms with Gasteiger partial charge in [-0.25, -0.2) is 5.06 Å². The second-order valence-corrected chi connectivity index (χ2v) is 5.36. The van der Waals surface area contributed by atoms with E-state index < -0.39 is 11.6 Å². The molecule has 0 aliphatic rings. The Morgan fingerprint density at radius 3 is 2.33 bits per heavy atom. The number of aliphatic hydroxyl groups excluding tert-OH is 1. The number of carbonyl (C=O) groups excluding carboxylic acids is 1. The molecular weight excluding hydrogens is 254 g/mol. The predicted molar refractivity (Wildman–Crippen MR) is 70.0 cm³/mol. The van der Waals surface area contributed by atoms with Crippen LogP contribution in [0.15, 0.2) is 24.3 Å². The Hall–Kier alpha value is -1.10. The summed E-state index contributed by atoms with van der Waals surface area (Å²) in [5.41, 5.74) is 0.249. The van der Waals surface area contributed by atoms with Crippen LogP contribution in [0.2, 0.25) is 5.02 Å². The fourth-order valence-corrected chi connectivity index (χ4v) is 1.62. The number of amides is 1. The van der Waals surface area contributed by atoms with Crippen LogP contribution in [-0.2, 0) is 9.63 Å². The molecule has 1 rings (SSSR count). The highest BCUT2D eigenvalue weighted by Gasteiger charge is 2.24. The summed E-state index contributed by atoms with van der Waals surface area (Å²) >= 11 is 5.80. The van der Waals surface area contributed by atoms with Crippen molar-refractivity contribution in [2.75, 3.05) is 6.61 Å². The molecule has 0 spiro atoms. The highest BCUT2D eigenvalue weighted by Crippen LogP contribution is 2.24. The maximum atomic E-state index is 11.1. The molecule has 0 heterocycles. The molecule has 0 aromatic heterocycles. The lowest BCUT2D eigenvalue weighted by atomic mass is 10.1. The Balaban J connectivity index is 2.92. The third kappa shape index (κ3) is 4.29. The quantitative estimate of drug-likeness (QED) is 0.661. The Bertz CT molecular complexity index is 386. The molecule has 0 saturated carbocycles. The number of benzene rings is 1. The molecule has 0 radical (unpaired) electrons. The number of rotatable bonds is 5. The van der Waals surface area contributed by atoms with Gasteiger partial charge in [-0.1, -0.05) is 23.7 Å². The van der Waals surface area contributed by atoms with Gasteiger partial charge < -0.3 is 5.11 Å². The van der Waals surface area contributed by atoms with Crippen LogP contribution in [0.4, 0.5) is 0 Å². The fourth-order valence-electron chi connectivity index (χ4n) is 1.49. The van der Waals surface area contributed by atoms with Crippen molar-refractivity contribution in [3.8, 4) is 0 Å². The minimum atomic E-state index is -0.543. The zero-order valence-electron chi connectivity index (χ0n) is 10.8. The van der Waals surface area contributed by atoms with Crippen LogP contribution in [0.3, 0.4) is 0 Å². The SMILES string of the molecule is CC(C)(C)ON(C=O)C(CO)c1ccc(Cl)cc1. The molecule has 5 heteroatoms. The first-order valence-electron chi connectivity index (χ1n) is 5.66. The summed E-state index contributed by atoms with van der Waals surface area (Å²) in [5.74, 6) is 0. The summed E-state index contributed by atoms with van der Waals surface area (Å²) in [4.78, 5) is 16.6. The number of nitrogens with zero attached hydrogens (tertiary/aromatic N) is 1. The first-order chi connectivity index (χ1) is 8.37. The van der Waals surface area contributed by atoms with Gasteiger partial charge in [0, 0.05) is 5.02 Å². The van der Waals surface area contributed by atoms with Crippen LogP contribution < -0.4 is 0 Å². The largest absolute Gasteiger partial charge is 0.394 e. The number of hydrogen-bond donors (Lipinski definition) is 1. The molecule has 0 bridgehead atoms. The molecule has 0 saturated heterocycles. The van der Waals surface area contributed by atoms with Gasteiger partial charge in [-0.3, -0.25) is 9.63 Å². The van der Waals surface area contributed by atoms with Crippen molar-refractivity contribution in [1.29, 1.82) is 0 Å². The van der Waals surface area contributed by atoms with Gasteiger partial charge in [0.05, 0.1) is 12.2 Å². The van der Waals surface area contributed by atoms with Gasteiger partial charge in [0.2, 0.25) is 6.41 Å². The Labute approximate surface area is 112 Å². The van der Waals surface area contributed by atoms with E-state index in [1.54, 1.807) is 24.3 Å². The Kier molecular flexibility index (Phi) is 5.14. The lowest BCUT2D eigenvalue weighted by Gasteiger charge is -2.32. The van der Waals surface area contributed by atoms with Crippen LogP contribution in [0.5, 0.6) is 0 Å². The summed E-state index contributed by atoms with van der Waals surface area (Å²) in [6.45, 7) is 5.27. The molecule has 1 aromatic carbocycles. The van der Waals surface area contributed by atoms with E-state index in [0.29, 0.717) is 11.4 Å². The van der Waals surface area contributed by atoms with E-state index in [9.17, 15) is 9.90 Å². The average molecular weight is 272 g/mol. The first kappa shape index (κ1) is 15.0. The minimum absolute atomic E-state index is 0.226. The zero-order chi connectivity index (χ0) is 13.8. The van der Waals surface area contributed by atoms with E-state index in [0.717, 1.165) is 10.6 Å². The highest BCUT2D eigenvalue weighted by molar-refractivity contribution is 6.30. The monoisotopic (exact) mass is 271 g/mol. The number of hydrogen-bond acceptors (Lipinski definition) is 3. The standard InChI is InChI=1S/C13H18ClNO3/c1-13(2,3)18-15(9-17)12(8-16)10-4-6-11(14)7-5-10/h4-7,9,12,16H,8H2,1-3H3. The van der Waals surface area contributed by atoms with Crippen molar-refractivity contribution >= 4 is 18.0 Å². The average Bonchev–Trinajstić information content (AvgIpc) is 2.29. The molecule has 1 aromatic rings. The zero-order valence-corrected chi connectivity index (χ0v) is 11.5. The third-order valence-corrected chi connectivity index (χ3v) is 2.47. The number of carbonyl (C=O) groups is 1. The van der Waals surface area contributed by atoms with Gasteiger partial charge in [0.1, 0.15) is 6.04 Å². The maximum Gasteiger partial charge on any atom is 0.234 e. The lowest BCUT2D eigenvalue weighted by molar-refractivity contribution is -0.237. The van der Waals surface area contributed by atoms with Crippen LogP contribution in [0.1, 0.15) is 32.4 Å². The summed E-state index contributed by atoms with van der Waals surface area (Å²) < 4.78 is 0. The summed E-state index contributed by atoms with van der Waals surface area (Å²) in [5, 5.41) is 11.2. The fraction of sp³-hybridized carbons (Fsp3) is 0.462. The Morgan fingerprint density at radius 1 is 1.39 bits per heavy atom. The molecule has 1 amide bonds. The van der Waals surface area contributed by atoms with E-state index in [2.05, 4.69) is 0 Å². The van der Waals surface area contributed by atoms with Crippen LogP contribution in [-0.4, -0.2) is 28.8 Å². The van der Waals surface area contributed by atoms with E-state index in [1.807, 2.05) is 20.8 Å². The number of halogens is 1. The summed E-state index contributed by atoms with van der Waals surface area (Å²) in [7, 11) is 0. The van der Waals surface area contributed by atoms with Gasteiger partial charge >= 0.3 is 0 Å². The predicted octanol–water partition coefficient (Wildman–Crippen LogP) is 2.56. The second kappa shape index (κ2) is 6.18. The normalized spacial score (nSPS) is 13.2. The molecular formula is C13H18ClNO3. The van der Waals surface area contributed by atoms with E-state index in [1.165, 1.54) is 0 Å². The van der Waals surface area contributed by atoms with Gasteiger partial charge in [-0.15, -0.1) is 0 Å². The van der Waals surface area contributed by atoms with Crippen molar-refractivity contribution in [1.82, 2.24) is 5.06 Å². The van der Waals surface area contributed by atoms with Crippen molar-refractivity contribution in [2.45, 2.75) is 32.4 Å². The molecule has 1 atom stereocenters. The third-order valence-electron chi connectivity index (χ3n) is 2.22. The molecule has 18 heavy (non-hydrogen) atoms. The Morgan fingerprint density at radius 2 is 1.94 bits per heavy atom. The van der Waals surface area contributed by atoms with Gasteiger partial charge in [-0.2, -0.15) is 0 Å². The van der Waals surface area contributed by atoms with E-state index in [4.69, 9.17) is 16.4 Å². The van der Waals surface area contributed by atoms with Gasteiger partial charge in [-0.05, 0) is 38.5 Å². The van der Waals surface area contributed by atoms with E-state index >= 15 is 0 Å². The molecule has 0 aliphatic heterocycles. The topological polar surface area (TPSA) is 49.8 Å².